The van der Waals surface area contributed by atoms with Gasteiger partial charge in [-0.1, -0.05) is 11.6 Å². The van der Waals surface area contributed by atoms with Crippen LogP contribution in [-0.4, -0.2) is 6.18 Å². The van der Waals surface area contributed by atoms with E-state index in [2.05, 4.69) is 0 Å². The third-order valence-electron chi connectivity index (χ3n) is 2.26. The van der Waals surface area contributed by atoms with E-state index in [1.165, 1.54) is 0 Å². The quantitative estimate of drug-likeness (QED) is 0.803. The zero-order valence-corrected chi connectivity index (χ0v) is 9.80. The Labute approximate surface area is 108 Å². The van der Waals surface area contributed by atoms with Gasteiger partial charge in [-0.2, -0.15) is 26.3 Å². The second kappa shape index (κ2) is 5.16. The third-order valence-corrected chi connectivity index (χ3v) is 2.55. The first-order valence-corrected chi connectivity index (χ1v) is 5.18. The van der Waals surface area contributed by atoms with Crippen molar-refractivity contribution in [3.63, 3.8) is 0 Å². The molecule has 1 nitrogen and oxygen atoms in total. The Hall–Kier alpha value is -1.02. The predicted octanol–water partition coefficient (Wildman–Crippen LogP) is 4.45. The Morgan fingerprint density at radius 1 is 1.11 bits per heavy atom. The lowest BCUT2D eigenvalue weighted by molar-refractivity contribution is -0.145. The smallest absolute Gasteiger partial charge is 0.324 e. The van der Waals surface area contributed by atoms with Gasteiger partial charge in [0.25, 0.3) is 0 Å². The van der Waals surface area contributed by atoms with E-state index in [1.54, 1.807) is 0 Å². The summed E-state index contributed by atoms with van der Waals surface area (Å²) in [4.78, 5) is 0. The van der Waals surface area contributed by atoms with Crippen molar-refractivity contribution in [3.8, 4) is 0 Å². The molecule has 2 N–H and O–H groups in total. The van der Waals surface area contributed by atoms with Gasteiger partial charge in [-0.25, -0.2) is 4.39 Å². The third kappa shape index (κ3) is 3.97. The zero-order chi connectivity index (χ0) is 15.0. The summed E-state index contributed by atoms with van der Waals surface area (Å²) >= 11 is 5.27. The van der Waals surface area contributed by atoms with Gasteiger partial charge >= 0.3 is 12.4 Å². The van der Waals surface area contributed by atoms with Gasteiger partial charge in [0.2, 0.25) is 0 Å². The Balaban J connectivity index is 3.35. The molecule has 1 aromatic carbocycles. The molecule has 0 aliphatic heterocycles. The number of halogens is 8. The van der Waals surface area contributed by atoms with E-state index >= 15 is 0 Å². The molecule has 0 heterocycles. The van der Waals surface area contributed by atoms with Crippen LogP contribution in [0.2, 0.25) is 5.02 Å². The van der Waals surface area contributed by atoms with Gasteiger partial charge in [0.15, 0.2) is 0 Å². The maximum atomic E-state index is 13.5. The summed E-state index contributed by atoms with van der Waals surface area (Å²) in [6.07, 6.45) is -11.6. The molecule has 0 spiro atoms. The van der Waals surface area contributed by atoms with Crippen molar-refractivity contribution in [1.82, 2.24) is 0 Å². The molecule has 0 saturated heterocycles. The fourth-order valence-corrected chi connectivity index (χ4v) is 1.69. The van der Waals surface area contributed by atoms with Crippen molar-refractivity contribution < 1.29 is 30.7 Å². The Morgan fingerprint density at radius 2 is 1.63 bits per heavy atom. The molecule has 0 bridgehead atoms. The summed E-state index contributed by atoms with van der Waals surface area (Å²) in [5, 5.41) is -0.722. The van der Waals surface area contributed by atoms with Crippen LogP contribution in [0, 0.1) is 5.82 Å². The van der Waals surface area contributed by atoms with Crippen LogP contribution >= 0.6 is 11.6 Å². The standard InChI is InChI=1S/C10H7ClF7N/c11-5-2-1-4(10(16,17)18)7(8(5)12)6(19)3-9(13,14)15/h1-2,6H,3,19H2/t6-/m1/s1. The van der Waals surface area contributed by atoms with Gasteiger partial charge in [0.1, 0.15) is 5.82 Å². The average molecular weight is 310 g/mol. The molecule has 19 heavy (non-hydrogen) atoms. The predicted molar refractivity (Wildman–Crippen MR) is 54.0 cm³/mol. The molecule has 0 amide bonds. The second-order valence-electron chi connectivity index (χ2n) is 3.75. The number of hydrogen-bond donors (Lipinski definition) is 1. The summed E-state index contributed by atoms with van der Waals surface area (Å²) in [7, 11) is 0. The normalized spacial score (nSPS) is 14.6. The van der Waals surface area contributed by atoms with E-state index in [0.717, 1.165) is 0 Å². The molecule has 0 saturated carbocycles. The van der Waals surface area contributed by atoms with E-state index in [-0.39, 0.29) is 0 Å². The maximum absolute atomic E-state index is 13.5. The van der Waals surface area contributed by atoms with Gasteiger partial charge in [-0.05, 0) is 12.1 Å². The number of benzene rings is 1. The molecule has 0 unspecified atom stereocenters. The average Bonchev–Trinajstić information content (AvgIpc) is 2.17. The monoisotopic (exact) mass is 309 g/mol. The molecule has 9 heteroatoms. The topological polar surface area (TPSA) is 26.0 Å². The minimum Gasteiger partial charge on any atom is -0.324 e. The van der Waals surface area contributed by atoms with E-state index in [1.807, 2.05) is 0 Å². The van der Waals surface area contributed by atoms with Crippen molar-refractivity contribution in [2.24, 2.45) is 5.73 Å². The van der Waals surface area contributed by atoms with Crippen molar-refractivity contribution in [2.45, 2.75) is 24.8 Å². The Kier molecular flexibility index (Phi) is 4.36. The molecule has 0 fully saturated rings. The first kappa shape index (κ1) is 16.0. The molecule has 0 radical (unpaired) electrons. The molecule has 1 atom stereocenters. The summed E-state index contributed by atoms with van der Waals surface area (Å²) in [5.74, 6) is -1.59. The van der Waals surface area contributed by atoms with Gasteiger partial charge in [0.05, 0.1) is 17.0 Å². The number of rotatable bonds is 2. The lowest BCUT2D eigenvalue weighted by Crippen LogP contribution is -2.24. The highest BCUT2D eigenvalue weighted by molar-refractivity contribution is 6.30. The summed E-state index contributed by atoms with van der Waals surface area (Å²) < 4.78 is 87.8. The van der Waals surface area contributed by atoms with E-state index < -0.39 is 46.8 Å². The van der Waals surface area contributed by atoms with Crippen LogP contribution in [0.3, 0.4) is 0 Å². The van der Waals surface area contributed by atoms with Crippen molar-refractivity contribution in [3.05, 3.63) is 34.1 Å². The highest BCUT2D eigenvalue weighted by atomic mass is 35.5. The molecule has 0 aliphatic rings. The van der Waals surface area contributed by atoms with Crippen LogP contribution < -0.4 is 5.73 Å². The molecule has 108 valence electrons. The van der Waals surface area contributed by atoms with Gasteiger partial charge < -0.3 is 5.73 Å². The number of nitrogens with two attached hydrogens (primary N) is 1. The molecular formula is C10H7ClF7N. The molecule has 0 aliphatic carbocycles. The van der Waals surface area contributed by atoms with Crippen LogP contribution in [0.1, 0.15) is 23.6 Å². The van der Waals surface area contributed by atoms with Crippen molar-refractivity contribution >= 4 is 11.6 Å². The summed E-state index contributed by atoms with van der Waals surface area (Å²) in [5.41, 5.74) is 2.19. The Morgan fingerprint density at radius 3 is 2.05 bits per heavy atom. The van der Waals surface area contributed by atoms with Crippen molar-refractivity contribution in [2.75, 3.05) is 0 Å². The SMILES string of the molecule is N[C@H](CC(F)(F)F)c1c(C(F)(F)F)ccc(Cl)c1F. The number of alkyl halides is 6. The summed E-state index contributed by atoms with van der Waals surface area (Å²) in [6.45, 7) is 0. The maximum Gasteiger partial charge on any atom is 0.416 e. The van der Waals surface area contributed by atoms with Crippen LogP contribution in [0.5, 0.6) is 0 Å². The van der Waals surface area contributed by atoms with Crippen LogP contribution in [0.15, 0.2) is 12.1 Å². The lowest BCUT2D eigenvalue weighted by Gasteiger charge is -2.20. The van der Waals surface area contributed by atoms with E-state index in [9.17, 15) is 30.7 Å². The van der Waals surface area contributed by atoms with Crippen LogP contribution in [-0.2, 0) is 6.18 Å². The highest BCUT2D eigenvalue weighted by Crippen LogP contribution is 2.40. The minimum absolute atomic E-state index is 0.400. The van der Waals surface area contributed by atoms with Crippen molar-refractivity contribution in [1.29, 1.82) is 0 Å². The second-order valence-corrected chi connectivity index (χ2v) is 4.15. The molecule has 0 aromatic heterocycles. The number of hydrogen-bond acceptors (Lipinski definition) is 1. The Bertz CT molecular complexity index is 466. The summed E-state index contributed by atoms with van der Waals surface area (Å²) in [6, 6.07) is -1.17. The van der Waals surface area contributed by atoms with Crippen LogP contribution in [0.4, 0.5) is 30.7 Å². The van der Waals surface area contributed by atoms with Crippen LogP contribution in [0.25, 0.3) is 0 Å². The highest BCUT2D eigenvalue weighted by Gasteiger charge is 2.40. The van der Waals surface area contributed by atoms with Gasteiger partial charge in [-0.15, -0.1) is 0 Å². The molecule has 1 rings (SSSR count). The fourth-order valence-electron chi connectivity index (χ4n) is 1.53. The van der Waals surface area contributed by atoms with Gasteiger partial charge in [-0.3, -0.25) is 0 Å². The lowest BCUT2D eigenvalue weighted by atomic mass is 9.97. The molecule has 1 aromatic rings. The minimum atomic E-state index is -5.02. The first-order chi connectivity index (χ1) is 8.43. The zero-order valence-electron chi connectivity index (χ0n) is 9.04. The largest absolute Gasteiger partial charge is 0.416 e. The van der Waals surface area contributed by atoms with E-state index in [0.29, 0.717) is 12.1 Å². The molecular weight excluding hydrogens is 303 g/mol. The fraction of sp³-hybridized carbons (Fsp3) is 0.400. The van der Waals surface area contributed by atoms with E-state index in [4.69, 9.17) is 17.3 Å². The first-order valence-electron chi connectivity index (χ1n) is 4.81. The van der Waals surface area contributed by atoms with Gasteiger partial charge in [0, 0.05) is 11.6 Å².